The average molecular weight is 375 g/mol. The van der Waals surface area contributed by atoms with Crippen molar-refractivity contribution in [2.75, 3.05) is 6.61 Å². The Balaban J connectivity index is 2.81. The molecule has 2 N–H and O–H groups in total. The zero-order valence-electron chi connectivity index (χ0n) is 16.3. The van der Waals surface area contributed by atoms with E-state index >= 15 is 0 Å². The van der Waals surface area contributed by atoms with Crippen LogP contribution in [0.15, 0.2) is 46.8 Å². The van der Waals surface area contributed by atoms with E-state index < -0.39 is 23.7 Å². The Labute approximate surface area is 158 Å². The lowest BCUT2D eigenvalue weighted by molar-refractivity contribution is -0.139. The molecular formula is C21H26FNO4. The largest absolute Gasteiger partial charge is 0.478 e. The summed E-state index contributed by atoms with van der Waals surface area (Å²) < 4.78 is 18.7. The number of allylic oxidation sites excluding steroid dienone is 2. The molecule has 0 fully saturated rings. The molecule has 5 nitrogen and oxygen atoms in total. The highest BCUT2D eigenvalue weighted by molar-refractivity contribution is 5.99. The lowest BCUT2D eigenvalue weighted by atomic mass is 9.77. The van der Waals surface area contributed by atoms with Crippen molar-refractivity contribution >= 4 is 11.9 Å². The highest BCUT2D eigenvalue weighted by Gasteiger charge is 2.40. The molecule has 0 aromatic heterocycles. The molecular weight excluding hydrogens is 349 g/mol. The predicted octanol–water partition coefficient (Wildman–Crippen LogP) is 3.98. The van der Waals surface area contributed by atoms with Gasteiger partial charge in [0.2, 0.25) is 0 Å². The second-order valence-corrected chi connectivity index (χ2v) is 7.10. The fourth-order valence-corrected chi connectivity index (χ4v) is 3.31. The number of dihydropyridines is 1. The molecule has 1 atom stereocenters. The van der Waals surface area contributed by atoms with Gasteiger partial charge in [-0.2, -0.15) is 0 Å². The maximum absolute atomic E-state index is 13.5. The number of halogens is 1. The normalized spacial score (nSPS) is 17.4. The number of ether oxygens (including phenoxy) is 1. The molecule has 1 unspecified atom stereocenters. The van der Waals surface area contributed by atoms with Crippen LogP contribution in [-0.2, 0) is 14.3 Å². The van der Waals surface area contributed by atoms with Crippen molar-refractivity contribution in [2.45, 2.75) is 40.5 Å². The molecule has 1 heterocycles. The minimum atomic E-state index is -1.12. The van der Waals surface area contributed by atoms with E-state index in [0.717, 1.165) is 0 Å². The van der Waals surface area contributed by atoms with Crippen LogP contribution in [0, 0.1) is 17.7 Å². The number of rotatable bonds is 6. The van der Waals surface area contributed by atoms with E-state index in [1.54, 1.807) is 6.92 Å². The molecule has 0 spiro atoms. The maximum atomic E-state index is 13.5. The molecule has 146 valence electrons. The number of carbonyl (C=O) groups excluding carboxylic acids is 1. The molecule has 0 saturated carbocycles. The first-order valence-corrected chi connectivity index (χ1v) is 9.09. The molecule has 0 radical (unpaired) electrons. The van der Waals surface area contributed by atoms with Crippen molar-refractivity contribution in [3.63, 3.8) is 0 Å². The molecule has 6 heteroatoms. The summed E-state index contributed by atoms with van der Waals surface area (Å²) in [6.45, 7) is 9.50. The number of aliphatic carboxylic acids is 1. The Morgan fingerprint density at radius 2 is 1.59 bits per heavy atom. The Bertz CT molecular complexity index is 791. The second-order valence-electron chi connectivity index (χ2n) is 7.10. The van der Waals surface area contributed by atoms with Gasteiger partial charge in [0, 0.05) is 11.4 Å². The number of esters is 1. The van der Waals surface area contributed by atoms with E-state index in [1.165, 1.54) is 24.3 Å². The number of hydrogen-bond donors (Lipinski definition) is 2. The van der Waals surface area contributed by atoms with Crippen molar-refractivity contribution in [1.82, 2.24) is 5.32 Å². The fourth-order valence-electron chi connectivity index (χ4n) is 3.31. The molecule has 1 aromatic carbocycles. The van der Waals surface area contributed by atoms with Crippen LogP contribution in [0.4, 0.5) is 4.39 Å². The van der Waals surface area contributed by atoms with Crippen LogP contribution in [-0.4, -0.2) is 23.7 Å². The molecule has 0 aliphatic carbocycles. The number of carbonyl (C=O) groups is 2. The van der Waals surface area contributed by atoms with Gasteiger partial charge in [-0.3, -0.25) is 0 Å². The molecule has 2 rings (SSSR count). The number of carboxylic acid groups (broad SMARTS) is 1. The lowest BCUT2D eigenvalue weighted by Gasteiger charge is -2.34. The standard InChI is InChI=1S/C21H26FNO4/c1-6-27-21(26)17-15(13-7-9-14(22)10-8-13)16(20(24)25)18(11(2)3)23-19(17)12(4)5/h7-12,15,23H,6H2,1-5H3,(H,24,25). The van der Waals surface area contributed by atoms with E-state index in [-0.39, 0.29) is 29.6 Å². The smallest absolute Gasteiger partial charge is 0.336 e. The Kier molecular flexibility index (Phi) is 6.41. The van der Waals surface area contributed by atoms with Crippen molar-refractivity contribution in [2.24, 2.45) is 11.8 Å². The molecule has 0 saturated heterocycles. The van der Waals surface area contributed by atoms with Crippen LogP contribution in [0.2, 0.25) is 0 Å². The molecule has 27 heavy (non-hydrogen) atoms. The van der Waals surface area contributed by atoms with Crippen LogP contribution in [0.1, 0.15) is 46.1 Å². The van der Waals surface area contributed by atoms with Crippen molar-refractivity contribution in [3.8, 4) is 0 Å². The van der Waals surface area contributed by atoms with Gasteiger partial charge in [-0.05, 0) is 36.5 Å². The van der Waals surface area contributed by atoms with Gasteiger partial charge in [-0.25, -0.2) is 14.0 Å². The van der Waals surface area contributed by atoms with Crippen LogP contribution in [0.25, 0.3) is 0 Å². The fraction of sp³-hybridized carbons (Fsp3) is 0.429. The van der Waals surface area contributed by atoms with Crippen molar-refractivity contribution in [3.05, 3.63) is 58.2 Å². The summed E-state index contributed by atoms with van der Waals surface area (Å²) >= 11 is 0. The third-order valence-electron chi connectivity index (χ3n) is 4.51. The van der Waals surface area contributed by atoms with E-state index in [4.69, 9.17) is 4.74 Å². The molecule has 0 bridgehead atoms. The number of nitrogens with one attached hydrogen (secondary N) is 1. The second kappa shape index (κ2) is 8.37. The molecule has 1 aromatic rings. The molecule has 0 amide bonds. The van der Waals surface area contributed by atoms with E-state index in [0.29, 0.717) is 17.0 Å². The number of hydrogen-bond acceptors (Lipinski definition) is 4. The van der Waals surface area contributed by atoms with Gasteiger partial charge >= 0.3 is 11.9 Å². The molecule has 1 aliphatic rings. The van der Waals surface area contributed by atoms with Crippen molar-refractivity contribution in [1.29, 1.82) is 0 Å². The SMILES string of the molecule is CCOC(=O)C1=C(C(C)C)NC(C(C)C)=C(C(=O)O)C1c1ccc(F)cc1. The Morgan fingerprint density at radius 1 is 1.07 bits per heavy atom. The summed E-state index contributed by atoms with van der Waals surface area (Å²) in [5.41, 5.74) is 2.07. The van der Waals surface area contributed by atoms with Gasteiger partial charge in [0.15, 0.2) is 0 Å². The Hall–Kier alpha value is -2.63. The van der Waals surface area contributed by atoms with Gasteiger partial charge in [-0.1, -0.05) is 39.8 Å². The predicted molar refractivity (Wildman–Crippen MR) is 100 cm³/mol. The summed E-state index contributed by atoms with van der Waals surface area (Å²) in [5, 5.41) is 13.1. The average Bonchev–Trinajstić information content (AvgIpc) is 2.60. The first kappa shape index (κ1) is 20.7. The van der Waals surface area contributed by atoms with Gasteiger partial charge < -0.3 is 15.2 Å². The van der Waals surface area contributed by atoms with E-state index in [2.05, 4.69) is 5.32 Å². The zero-order valence-corrected chi connectivity index (χ0v) is 16.3. The summed E-state index contributed by atoms with van der Waals surface area (Å²) in [5.74, 6) is -3.11. The first-order chi connectivity index (χ1) is 12.7. The van der Waals surface area contributed by atoms with E-state index in [1.807, 2.05) is 27.7 Å². The van der Waals surface area contributed by atoms with Gasteiger partial charge in [-0.15, -0.1) is 0 Å². The maximum Gasteiger partial charge on any atom is 0.336 e. The minimum absolute atomic E-state index is 0.0588. The first-order valence-electron chi connectivity index (χ1n) is 9.09. The lowest BCUT2D eigenvalue weighted by Crippen LogP contribution is -2.36. The quantitative estimate of drug-likeness (QED) is 0.736. The number of benzene rings is 1. The van der Waals surface area contributed by atoms with E-state index in [9.17, 15) is 19.1 Å². The summed E-state index contributed by atoms with van der Waals surface area (Å²) in [4.78, 5) is 25.0. The Morgan fingerprint density at radius 3 is 2.04 bits per heavy atom. The highest BCUT2D eigenvalue weighted by atomic mass is 19.1. The van der Waals surface area contributed by atoms with Crippen LogP contribution in [0.3, 0.4) is 0 Å². The van der Waals surface area contributed by atoms with Crippen LogP contribution >= 0.6 is 0 Å². The molecule has 1 aliphatic heterocycles. The van der Waals surface area contributed by atoms with Crippen LogP contribution < -0.4 is 5.32 Å². The van der Waals surface area contributed by atoms with Crippen molar-refractivity contribution < 1.29 is 23.8 Å². The topological polar surface area (TPSA) is 75.6 Å². The summed E-state index contributed by atoms with van der Waals surface area (Å²) in [6.07, 6.45) is 0. The van der Waals surface area contributed by atoms with Gasteiger partial charge in [0.1, 0.15) is 5.82 Å². The number of carboxylic acids is 1. The summed E-state index contributed by atoms with van der Waals surface area (Å²) in [7, 11) is 0. The third kappa shape index (κ3) is 4.21. The third-order valence-corrected chi connectivity index (χ3v) is 4.51. The summed E-state index contributed by atoms with van der Waals surface area (Å²) in [6, 6.07) is 5.57. The zero-order chi connectivity index (χ0) is 20.3. The van der Waals surface area contributed by atoms with Gasteiger partial charge in [0.05, 0.1) is 23.7 Å². The van der Waals surface area contributed by atoms with Gasteiger partial charge in [0.25, 0.3) is 0 Å². The monoisotopic (exact) mass is 375 g/mol. The highest BCUT2D eigenvalue weighted by Crippen LogP contribution is 2.42. The van der Waals surface area contributed by atoms with Crippen LogP contribution in [0.5, 0.6) is 0 Å². The minimum Gasteiger partial charge on any atom is -0.478 e.